The summed E-state index contributed by atoms with van der Waals surface area (Å²) in [5.74, 6) is -1.75. The molecule has 2 N–H and O–H groups in total. The third kappa shape index (κ3) is 11.6. The number of nitrogens with zero attached hydrogens (tertiary/aromatic N) is 1. The number of aromatic nitrogens is 1. The van der Waals surface area contributed by atoms with Crippen LogP contribution in [0.3, 0.4) is 0 Å². The zero-order valence-corrected chi connectivity index (χ0v) is 10.0. The molecule has 108 valence electrons. The van der Waals surface area contributed by atoms with E-state index in [1.165, 1.54) is 4.57 Å². The minimum absolute atomic E-state index is 0.266. The molecule has 0 fully saturated rings. The van der Waals surface area contributed by atoms with Crippen LogP contribution in [0, 0.1) is 0 Å². The molecule has 1 aromatic rings. The van der Waals surface area contributed by atoms with Crippen LogP contribution in [0.5, 0.6) is 0 Å². The van der Waals surface area contributed by atoms with Gasteiger partial charge in [-0.3, -0.25) is 0 Å². The average molecular weight is 299 g/mol. The molecule has 18 heavy (non-hydrogen) atoms. The van der Waals surface area contributed by atoms with E-state index in [0.717, 1.165) is 0 Å². The quantitative estimate of drug-likeness (QED) is 0.381. The Morgan fingerprint density at radius 2 is 1.28 bits per heavy atom. The molecule has 0 aromatic carbocycles. The zero-order valence-electron chi connectivity index (χ0n) is 9.15. The first-order chi connectivity index (χ1) is 7.62. The van der Waals surface area contributed by atoms with E-state index in [9.17, 15) is 35.4 Å². The van der Waals surface area contributed by atoms with Gasteiger partial charge in [0.15, 0.2) is 12.4 Å². The van der Waals surface area contributed by atoms with Crippen molar-refractivity contribution >= 4 is 7.81 Å². The van der Waals surface area contributed by atoms with Gasteiger partial charge in [0, 0.05) is 12.1 Å². The van der Waals surface area contributed by atoms with Gasteiger partial charge in [0.1, 0.15) is 0 Å². The van der Waals surface area contributed by atoms with E-state index in [1.54, 1.807) is 31.5 Å². The van der Waals surface area contributed by atoms with Gasteiger partial charge in [-0.25, -0.2) is 0 Å². The van der Waals surface area contributed by atoms with Crippen molar-refractivity contribution in [3.8, 4) is 0 Å². The van der Waals surface area contributed by atoms with Crippen LogP contribution in [-0.2, 0) is 5.91 Å². The Hall–Kier alpha value is -0.920. The number of rotatable bonds is 2. The van der Waals surface area contributed by atoms with Gasteiger partial charge in [0.2, 0.25) is 0 Å². The number of halogens is 6. The van der Waals surface area contributed by atoms with Crippen LogP contribution in [0.1, 0.15) is 13.3 Å². The summed E-state index contributed by atoms with van der Waals surface area (Å²) in [4.78, 5) is 0. The van der Waals surface area contributed by atoms with Crippen LogP contribution in [0.25, 0.3) is 0 Å². The Labute approximate surface area is 98.5 Å². The second kappa shape index (κ2) is 4.32. The van der Waals surface area contributed by atoms with Crippen LogP contribution >= 0.6 is 7.81 Å². The van der Waals surface area contributed by atoms with Crippen molar-refractivity contribution < 1.29 is 40.0 Å². The standard InChI is InChI=1S/C8H12NO2.F6P/c1-2-8(10,11)9-6-4-3-5-7-9;1-7(2,3,4,5)6/h3-7,10-11H,2H2,1H3;/q+1;-1. The zero-order chi connectivity index (χ0) is 14.7. The van der Waals surface area contributed by atoms with E-state index in [4.69, 9.17) is 0 Å². The Kier molecular flexibility index (Phi) is 4.10. The molecular weight excluding hydrogens is 287 g/mol. The Balaban J connectivity index is 0.000000360. The predicted octanol–water partition coefficient (Wildman–Crippen LogP) is 3.36. The number of hydrogen-bond acceptors (Lipinski definition) is 2. The van der Waals surface area contributed by atoms with Crippen molar-refractivity contribution in [3.63, 3.8) is 0 Å². The van der Waals surface area contributed by atoms with Crippen molar-refractivity contribution in [2.75, 3.05) is 0 Å². The molecule has 1 aromatic heterocycles. The first-order valence-corrected chi connectivity index (χ1v) is 6.62. The molecule has 0 saturated carbocycles. The molecule has 0 spiro atoms. The fourth-order valence-corrected chi connectivity index (χ4v) is 0.820. The fraction of sp³-hybridized carbons (Fsp3) is 0.375. The SMILES string of the molecule is CCC(O)(O)[n+]1ccccc1.F[P-](F)(F)(F)(F)F. The van der Waals surface area contributed by atoms with E-state index >= 15 is 0 Å². The van der Waals surface area contributed by atoms with Gasteiger partial charge in [0.05, 0.1) is 6.42 Å². The molecule has 1 rings (SSSR count). The molecule has 0 aliphatic rings. The van der Waals surface area contributed by atoms with Gasteiger partial charge in [-0.1, -0.05) is 13.0 Å². The second-order valence-electron chi connectivity index (χ2n) is 3.37. The molecule has 1 heterocycles. The molecular formula is C8H12F6NO2P. The first-order valence-electron chi connectivity index (χ1n) is 4.60. The molecule has 0 atom stereocenters. The first kappa shape index (κ1) is 17.1. The third-order valence-corrected chi connectivity index (χ3v) is 1.60. The summed E-state index contributed by atoms with van der Waals surface area (Å²) >= 11 is 0. The Morgan fingerprint density at radius 1 is 0.944 bits per heavy atom. The molecule has 0 amide bonds. The minimum atomic E-state index is -10.7. The number of hydrogen-bond donors (Lipinski definition) is 2. The van der Waals surface area contributed by atoms with Crippen LogP contribution in [0.15, 0.2) is 30.6 Å². The summed E-state index contributed by atoms with van der Waals surface area (Å²) in [7, 11) is -10.7. The topological polar surface area (TPSA) is 44.3 Å². The van der Waals surface area contributed by atoms with E-state index in [1.807, 2.05) is 6.07 Å². The fourth-order valence-electron chi connectivity index (χ4n) is 0.820. The summed E-state index contributed by atoms with van der Waals surface area (Å²) in [6.45, 7) is 1.71. The summed E-state index contributed by atoms with van der Waals surface area (Å²) in [6, 6.07) is 5.32. The van der Waals surface area contributed by atoms with Crippen LogP contribution in [0.4, 0.5) is 25.2 Å². The van der Waals surface area contributed by atoms with Crippen LogP contribution < -0.4 is 4.57 Å². The molecule has 0 saturated heterocycles. The van der Waals surface area contributed by atoms with E-state index < -0.39 is 13.7 Å². The van der Waals surface area contributed by atoms with Crippen molar-refractivity contribution in [3.05, 3.63) is 30.6 Å². The summed E-state index contributed by atoms with van der Waals surface area (Å²) in [5.41, 5.74) is 0. The second-order valence-corrected chi connectivity index (χ2v) is 5.29. The van der Waals surface area contributed by atoms with Crippen LogP contribution in [-0.4, -0.2) is 10.2 Å². The molecule has 10 heteroatoms. The van der Waals surface area contributed by atoms with Crippen molar-refractivity contribution in [1.29, 1.82) is 0 Å². The van der Waals surface area contributed by atoms with Crippen LogP contribution in [0.2, 0.25) is 0 Å². The normalized spacial score (nSPS) is 16.1. The summed E-state index contributed by atoms with van der Waals surface area (Å²) in [5, 5.41) is 18.6. The molecule has 0 bridgehead atoms. The molecule has 0 aliphatic heterocycles. The van der Waals surface area contributed by atoms with Gasteiger partial charge >= 0.3 is 38.9 Å². The average Bonchev–Trinajstić information content (AvgIpc) is 2.14. The van der Waals surface area contributed by atoms with Crippen molar-refractivity contribution in [2.24, 2.45) is 0 Å². The van der Waals surface area contributed by atoms with Gasteiger partial charge in [-0.15, -0.1) is 4.57 Å². The molecule has 0 aliphatic carbocycles. The predicted molar refractivity (Wildman–Crippen MR) is 52.9 cm³/mol. The van der Waals surface area contributed by atoms with Gasteiger partial charge in [-0.05, 0) is 0 Å². The summed E-state index contributed by atoms with van der Waals surface area (Å²) < 4.78 is 60.5. The molecule has 0 unspecified atom stereocenters. The van der Waals surface area contributed by atoms with Crippen molar-refractivity contribution in [1.82, 2.24) is 0 Å². The Bertz CT molecular complexity index is 378. The number of pyridine rings is 1. The monoisotopic (exact) mass is 299 g/mol. The Morgan fingerprint density at radius 3 is 1.56 bits per heavy atom. The number of aliphatic hydroxyl groups is 2. The van der Waals surface area contributed by atoms with Gasteiger partial charge in [0.25, 0.3) is 0 Å². The summed E-state index contributed by atoms with van der Waals surface area (Å²) in [6.07, 6.45) is 3.49. The van der Waals surface area contributed by atoms with Gasteiger partial charge in [-0.2, -0.15) is 0 Å². The van der Waals surface area contributed by atoms with E-state index in [-0.39, 0.29) is 6.42 Å². The molecule has 3 nitrogen and oxygen atoms in total. The third-order valence-electron chi connectivity index (χ3n) is 1.60. The van der Waals surface area contributed by atoms with Gasteiger partial charge < -0.3 is 10.2 Å². The van der Waals surface area contributed by atoms with E-state index in [2.05, 4.69) is 0 Å². The maximum atomic E-state index is 9.87. The molecule has 0 radical (unpaired) electrons. The maximum absolute atomic E-state index is 10.7. The van der Waals surface area contributed by atoms with Crippen molar-refractivity contribution in [2.45, 2.75) is 19.3 Å². The van der Waals surface area contributed by atoms with E-state index in [0.29, 0.717) is 0 Å².